The molecule has 0 N–H and O–H groups in total. The molecule has 0 amide bonds. The van der Waals surface area contributed by atoms with Gasteiger partial charge in [0.1, 0.15) is 0 Å². The van der Waals surface area contributed by atoms with Crippen molar-refractivity contribution in [3.05, 3.63) is 59.1 Å². The third-order valence-electron chi connectivity index (χ3n) is 2.78. The predicted octanol–water partition coefficient (Wildman–Crippen LogP) is 6.26. The van der Waals surface area contributed by atoms with Crippen LogP contribution in [-0.4, -0.2) is 12.0 Å². The van der Waals surface area contributed by atoms with E-state index in [0.717, 1.165) is 22.5 Å². The molecule has 1 aliphatic carbocycles. The summed E-state index contributed by atoms with van der Waals surface area (Å²) in [6, 6.07) is 0. The second-order valence-electron chi connectivity index (χ2n) is 3.78. The van der Waals surface area contributed by atoms with Crippen LogP contribution in [-0.2, 0) is 4.79 Å². The van der Waals surface area contributed by atoms with Crippen molar-refractivity contribution in [2.75, 3.05) is 6.26 Å². The van der Waals surface area contributed by atoms with Gasteiger partial charge < -0.3 is 0 Å². The van der Waals surface area contributed by atoms with Crippen LogP contribution in [0, 0.1) is 0 Å². The van der Waals surface area contributed by atoms with Crippen LogP contribution in [0.5, 0.6) is 0 Å². The average molecular weight is 307 g/mol. The summed E-state index contributed by atoms with van der Waals surface area (Å²) in [7, 11) is 0. The standard InChI is InChI=1S/C15H18OS.2C2H6/c1-5-8-12-10-15(17-4)13(7-3)14(16)9-11(12)6-2;2*1-2/h5-8H,2-3,9-10H2,1,4H3;2*1-2H3/b8-5-;;. The Morgan fingerprint density at radius 3 is 1.95 bits per heavy atom. The number of hydrogen-bond acceptors (Lipinski definition) is 2. The quantitative estimate of drug-likeness (QED) is 0.609. The third kappa shape index (κ3) is 6.81. The lowest BCUT2D eigenvalue weighted by Gasteiger charge is -2.06. The van der Waals surface area contributed by atoms with Crippen molar-refractivity contribution in [1.29, 1.82) is 0 Å². The lowest BCUT2D eigenvalue weighted by Crippen LogP contribution is -2.01. The minimum Gasteiger partial charge on any atom is -0.294 e. The molecule has 0 unspecified atom stereocenters. The summed E-state index contributed by atoms with van der Waals surface area (Å²) in [6.07, 6.45) is 10.7. The van der Waals surface area contributed by atoms with Gasteiger partial charge in [-0.1, -0.05) is 65.2 Å². The monoisotopic (exact) mass is 306 g/mol. The molecular weight excluding hydrogens is 276 g/mol. The van der Waals surface area contributed by atoms with E-state index in [-0.39, 0.29) is 5.78 Å². The predicted molar refractivity (Wildman–Crippen MR) is 99.7 cm³/mol. The normalized spacial score (nSPS) is 14.9. The van der Waals surface area contributed by atoms with E-state index in [2.05, 4.69) is 19.2 Å². The third-order valence-corrected chi connectivity index (χ3v) is 3.64. The molecule has 1 rings (SSSR count). The van der Waals surface area contributed by atoms with Crippen LogP contribution in [0.2, 0.25) is 0 Å². The first-order chi connectivity index (χ1) is 10.2. The molecule has 0 atom stereocenters. The van der Waals surface area contributed by atoms with Gasteiger partial charge in [-0.15, -0.1) is 11.8 Å². The van der Waals surface area contributed by atoms with Gasteiger partial charge >= 0.3 is 0 Å². The molecule has 0 radical (unpaired) electrons. The Hall–Kier alpha value is -1.28. The second-order valence-corrected chi connectivity index (χ2v) is 4.68. The number of carbonyl (C=O) groups excluding carboxylic acids is 1. The van der Waals surface area contributed by atoms with Crippen molar-refractivity contribution in [3.8, 4) is 0 Å². The van der Waals surface area contributed by atoms with Crippen molar-refractivity contribution < 1.29 is 4.79 Å². The van der Waals surface area contributed by atoms with Gasteiger partial charge in [-0.2, -0.15) is 0 Å². The molecule has 21 heavy (non-hydrogen) atoms. The fourth-order valence-corrected chi connectivity index (χ4v) is 2.62. The molecule has 0 aromatic heterocycles. The molecule has 0 saturated carbocycles. The zero-order valence-electron chi connectivity index (χ0n) is 14.5. The number of carbonyl (C=O) groups is 1. The highest BCUT2D eigenvalue weighted by Gasteiger charge is 2.19. The average Bonchev–Trinajstić information content (AvgIpc) is 2.67. The smallest absolute Gasteiger partial charge is 0.168 e. The molecule has 0 aliphatic heterocycles. The first kappa shape index (κ1) is 22.0. The molecule has 1 nitrogen and oxygen atoms in total. The van der Waals surface area contributed by atoms with Crippen LogP contribution in [0.1, 0.15) is 47.5 Å². The van der Waals surface area contributed by atoms with Crippen molar-refractivity contribution in [1.82, 2.24) is 0 Å². The summed E-state index contributed by atoms with van der Waals surface area (Å²) in [6.45, 7) is 17.5. The van der Waals surface area contributed by atoms with Crippen molar-refractivity contribution in [3.63, 3.8) is 0 Å². The fourth-order valence-electron chi connectivity index (χ4n) is 1.90. The van der Waals surface area contributed by atoms with Gasteiger partial charge in [-0.25, -0.2) is 0 Å². The Morgan fingerprint density at radius 2 is 1.57 bits per heavy atom. The molecule has 0 heterocycles. The zero-order valence-corrected chi connectivity index (χ0v) is 15.3. The van der Waals surface area contributed by atoms with E-state index < -0.39 is 0 Å². The molecule has 1 aliphatic rings. The fraction of sp³-hybridized carbons (Fsp3) is 0.421. The summed E-state index contributed by atoms with van der Waals surface area (Å²) in [5.41, 5.74) is 2.96. The summed E-state index contributed by atoms with van der Waals surface area (Å²) in [4.78, 5) is 13.2. The van der Waals surface area contributed by atoms with E-state index in [1.165, 1.54) is 5.57 Å². The maximum Gasteiger partial charge on any atom is 0.168 e. The van der Waals surface area contributed by atoms with Gasteiger partial charge in [0.2, 0.25) is 0 Å². The lowest BCUT2D eigenvalue weighted by atomic mass is 10.0. The lowest BCUT2D eigenvalue weighted by molar-refractivity contribution is -0.114. The number of ketones is 1. The van der Waals surface area contributed by atoms with Crippen molar-refractivity contribution in [2.45, 2.75) is 47.5 Å². The van der Waals surface area contributed by atoms with E-state index in [1.54, 1.807) is 23.9 Å². The highest BCUT2D eigenvalue weighted by molar-refractivity contribution is 8.02. The Morgan fingerprint density at radius 1 is 1.00 bits per heavy atom. The van der Waals surface area contributed by atoms with Crippen LogP contribution in [0.25, 0.3) is 0 Å². The van der Waals surface area contributed by atoms with Crippen molar-refractivity contribution in [2.24, 2.45) is 0 Å². The number of rotatable bonds is 4. The van der Waals surface area contributed by atoms with Gasteiger partial charge in [0.25, 0.3) is 0 Å². The molecule has 0 fully saturated rings. The largest absolute Gasteiger partial charge is 0.294 e. The zero-order chi connectivity index (χ0) is 16.8. The molecule has 2 heteroatoms. The maximum absolute atomic E-state index is 12.1. The van der Waals surface area contributed by atoms with Crippen LogP contribution in [0.4, 0.5) is 0 Å². The van der Waals surface area contributed by atoms with Gasteiger partial charge in [0.05, 0.1) is 0 Å². The highest BCUT2D eigenvalue weighted by atomic mass is 32.2. The first-order valence-electron chi connectivity index (χ1n) is 7.57. The number of thioether (sulfide) groups is 1. The van der Waals surface area contributed by atoms with E-state index >= 15 is 0 Å². The molecule has 0 bridgehead atoms. The number of Topliss-reactive ketones (excluding diaryl/α,β-unsaturated/α-hetero) is 1. The topological polar surface area (TPSA) is 17.1 Å². The maximum atomic E-state index is 12.1. The van der Waals surface area contributed by atoms with E-state index in [4.69, 9.17) is 0 Å². The van der Waals surface area contributed by atoms with Gasteiger partial charge in [-0.3, -0.25) is 4.79 Å². The van der Waals surface area contributed by atoms with Crippen molar-refractivity contribution >= 4 is 17.5 Å². The van der Waals surface area contributed by atoms with Gasteiger partial charge in [-0.05, 0) is 29.2 Å². The molecular formula is C19H30OS. The Kier molecular flexibility index (Phi) is 14.3. The Balaban J connectivity index is 0. The molecule has 0 aromatic carbocycles. The summed E-state index contributed by atoms with van der Waals surface area (Å²) >= 11 is 1.62. The Labute approximate surface area is 135 Å². The van der Waals surface area contributed by atoms with E-state index in [9.17, 15) is 4.79 Å². The number of allylic oxidation sites excluding steroid dienone is 8. The van der Waals surface area contributed by atoms with E-state index in [1.807, 2.05) is 47.0 Å². The highest BCUT2D eigenvalue weighted by Crippen LogP contribution is 2.33. The SMILES string of the molecule is C=CC1=C(/C=C\C)CC(SC)=C(C=C)C(=O)C1.CC.CC. The minimum absolute atomic E-state index is 0.138. The van der Waals surface area contributed by atoms with Gasteiger partial charge in [0.15, 0.2) is 5.78 Å². The molecule has 118 valence electrons. The number of hydrogen-bond donors (Lipinski definition) is 0. The van der Waals surface area contributed by atoms with Gasteiger partial charge in [0, 0.05) is 18.4 Å². The van der Waals surface area contributed by atoms with Crippen LogP contribution in [0.15, 0.2) is 59.1 Å². The van der Waals surface area contributed by atoms with E-state index in [0.29, 0.717) is 6.42 Å². The molecule has 0 spiro atoms. The summed E-state index contributed by atoms with van der Waals surface area (Å²) in [5, 5.41) is 0. The first-order valence-corrected chi connectivity index (χ1v) is 8.80. The second kappa shape index (κ2) is 13.7. The van der Waals surface area contributed by atoms with Crippen LogP contribution < -0.4 is 0 Å². The minimum atomic E-state index is 0.138. The summed E-state index contributed by atoms with van der Waals surface area (Å²) < 4.78 is 0. The van der Waals surface area contributed by atoms with Crippen LogP contribution >= 0.6 is 11.8 Å². The summed E-state index contributed by atoms with van der Waals surface area (Å²) in [5.74, 6) is 0.138. The molecule has 0 saturated heterocycles. The Bertz CT molecular complexity index is 436. The van der Waals surface area contributed by atoms with Crippen LogP contribution in [0.3, 0.4) is 0 Å². The molecule has 0 aromatic rings.